The molecule has 0 radical (unpaired) electrons. The van der Waals surface area contributed by atoms with Crippen molar-refractivity contribution < 1.29 is 0 Å². The standard InChI is InChI=1S/C7H9N5/c1-5(2)6-10-7-8-3-4-9-12(7)11-6/h3-5H,1-2H3. The van der Waals surface area contributed by atoms with Crippen LogP contribution in [-0.4, -0.2) is 24.8 Å². The van der Waals surface area contributed by atoms with Crippen molar-refractivity contribution in [3.8, 4) is 0 Å². The third-order valence-electron chi connectivity index (χ3n) is 1.54. The Labute approximate surface area is 69.5 Å². The molecule has 2 aromatic rings. The quantitative estimate of drug-likeness (QED) is 0.619. The number of fused-ring (bicyclic) bond motifs is 1. The number of nitrogens with zero attached hydrogens (tertiary/aromatic N) is 5. The second kappa shape index (κ2) is 2.51. The molecular weight excluding hydrogens is 154 g/mol. The van der Waals surface area contributed by atoms with E-state index in [1.54, 1.807) is 12.4 Å². The summed E-state index contributed by atoms with van der Waals surface area (Å²) in [6.45, 7) is 4.07. The van der Waals surface area contributed by atoms with Gasteiger partial charge in [-0.15, -0.1) is 9.73 Å². The summed E-state index contributed by atoms with van der Waals surface area (Å²) in [5.74, 6) is 1.65. The Morgan fingerprint density at radius 2 is 2.17 bits per heavy atom. The molecule has 5 heteroatoms. The molecule has 0 saturated carbocycles. The van der Waals surface area contributed by atoms with Crippen LogP contribution in [0.4, 0.5) is 0 Å². The lowest BCUT2D eigenvalue weighted by Crippen LogP contribution is -1.95. The fraction of sp³-hybridized carbons (Fsp3) is 0.429. The summed E-state index contributed by atoms with van der Waals surface area (Å²) < 4.78 is 1.44. The Balaban J connectivity index is 2.62. The second-order valence-corrected chi connectivity index (χ2v) is 2.86. The lowest BCUT2D eigenvalue weighted by atomic mass is 10.2. The van der Waals surface area contributed by atoms with Gasteiger partial charge in [0.15, 0.2) is 5.82 Å². The molecular formula is C7H9N5. The van der Waals surface area contributed by atoms with E-state index in [0.717, 1.165) is 5.82 Å². The van der Waals surface area contributed by atoms with Crippen molar-refractivity contribution in [2.24, 2.45) is 0 Å². The first kappa shape index (κ1) is 7.15. The van der Waals surface area contributed by atoms with Crippen molar-refractivity contribution in [1.82, 2.24) is 24.8 Å². The lowest BCUT2D eigenvalue weighted by Gasteiger charge is -1.92. The van der Waals surface area contributed by atoms with Gasteiger partial charge >= 0.3 is 0 Å². The molecule has 0 spiro atoms. The zero-order valence-corrected chi connectivity index (χ0v) is 6.97. The molecule has 2 aromatic heterocycles. The average Bonchev–Trinajstić information content (AvgIpc) is 2.46. The largest absolute Gasteiger partial charge is 0.270 e. The van der Waals surface area contributed by atoms with Gasteiger partial charge < -0.3 is 0 Å². The van der Waals surface area contributed by atoms with Crippen LogP contribution in [0.15, 0.2) is 12.4 Å². The summed E-state index contributed by atoms with van der Waals surface area (Å²) in [6.07, 6.45) is 3.19. The van der Waals surface area contributed by atoms with Crippen LogP contribution in [0.5, 0.6) is 0 Å². The van der Waals surface area contributed by atoms with Crippen LogP contribution in [0.1, 0.15) is 25.6 Å². The van der Waals surface area contributed by atoms with Gasteiger partial charge in [-0.1, -0.05) is 13.8 Å². The highest BCUT2D eigenvalue weighted by Crippen LogP contribution is 2.07. The summed E-state index contributed by atoms with van der Waals surface area (Å²) in [7, 11) is 0. The zero-order valence-electron chi connectivity index (χ0n) is 6.97. The van der Waals surface area contributed by atoms with Gasteiger partial charge in [0.25, 0.3) is 5.78 Å². The first-order chi connectivity index (χ1) is 5.77. The van der Waals surface area contributed by atoms with Crippen molar-refractivity contribution in [2.45, 2.75) is 19.8 Å². The van der Waals surface area contributed by atoms with E-state index in [1.807, 2.05) is 13.8 Å². The van der Waals surface area contributed by atoms with Gasteiger partial charge in [0.1, 0.15) is 0 Å². The van der Waals surface area contributed by atoms with Crippen molar-refractivity contribution in [3.63, 3.8) is 0 Å². The van der Waals surface area contributed by atoms with Gasteiger partial charge in [0.05, 0.1) is 12.4 Å². The maximum absolute atomic E-state index is 4.19. The van der Waals surface area contributed by atoms with Crippen LogP contribution in [0.2, 0.25) is 0 Å². The van der Waals surface area contributed by atoms with E-state index in [0.29, 0.717) is 11.7 Å². The van der Waals surface area contributed by atoms with Gasteiger partial charge in [-0.05, 0) is 0 Å². The lowest BCUT2D eigenvalue weighted by molar-refractivity contribution is 0.720. The molecule has 0 unspecified atom stereocenters. The second-order valence-electron chi connectivity index (χ2n) is 2.86. The minimum absolute atomic E-state index is 0.313. The maximum Gasteiger partial charge on any atom is 0.270 e. The van der Waals surface area contributed by atoms with E-state index < -0.39 is 0 Å². The Morgan fingerprint density at radius 3 is 2.83 bits per heavy atom. The van der Waals surface area contributed by atoms with Gasteiger partial charge in [-0.3, -0.25) is 0 Å². The maximum atomic E-state index is 4.19. The Bertz CT molecular complexity index is 358. The van der Waals surface area contributed by atoms with Crippen LogP contribution >= 0.6 is 0 Å². The highest BCUT2D eigenvalue weighted by Gasteiger charge is 2.07. The average molecular weight is 163 g/mol. The van der Waals surface area contributed by atoms with Crippen molar-refractivity contribution in [1.29, 1.82) is 0 Å². The molecule has 0 saturated heterocycles. The summed E-state index contributed by atoms with van der Waals surface area (Å²) in [6, 6.07) is 0. The van der Waals surface area contributed by atoms with Gasteiger partial charge in [-0.25, -0.2) is 4.98 Å². The SMILES string of the molecule is CC(C)c1nc2nccnn2n1. The van der Waals surface area contributed by atoms with Gasteiger partial charge in [0.2, 0.25) is 0 Å². The first-order valence-electron chi connectivity index (χ1n) is 3.81. The first-order valence-corrected chi connectivity index (χ1v) is 3.81. The van der Waals surface area contributed by atoms with E-state index in [2.05, 4.69) is 20.2 Å². The number of hydrogen-bond acceptors (Lipinski definition) is 4. The Hall–Kier alpha value is -1.52. The van der Waals surface area contributed by atoms with Crippen molar-refractivity contribution in [3.05, 3.63) is 18.2 Å². The molecule has 0 fully saturated rings. The minimum Gasteiger partial charge on any atom is -0.217 e. The normalized spacial score (nSPS) is 11.2. The minimum atomic E-state index is 0.313. The number of aromatic nitrogens is 5. The molecule has 0 aliphatic rings. The van der Waals surface area contributed by atoms with Gasteiger partial charge in [0, 0.05) is 5.92 Å². The van der Waals surface area contributed by atoms with Crippen LogP contribution < -0.4 is 0 Å². The van der Waals surface area contributed by atoms with Crippen LogP contribution in [0.3, 0.4) is 0 Å². The molecule has 0 atom stereocenters. The van der Waals surface area contributed by atoms with Crippen molar-refractivity contribution >= 4 is 5.78 Å². The van der Waals surface area contributed by atoms with Crippen LogP contribution in [0.25, 0.3) is 5.78 Å². The molecule has 0 aromatic carbocycles. The predicted octanol–water partition coefficient (Wildman–Crippen LogP) is 0.643. The van der Waals surface area contributed by atoms with Crippen LogP contribution in [0, 0.1) is 0 Å². The summed E-state index contributed by atoms with van der Waals surface area (Å²) in [5, 5.41) is 8.11. The fourth-order valence-electron chi connectivity index (χ4n) is 0.907. The highest BCUT2D eigenvalue weighted by molar-refractivity contribution is 5.23. The molecule has 5 nitrogen and oxygen atoms in total. The summed E-state index contributed by atoms with van der Waals surface area (Å²) in [5.41, 5.74) is 0. The monoisotopic (exact) mass is 163 g/mol. The van der Waals surface area contributed by atoms with E-state index in [9.17, 15) is 0 Å². The molecule has 2 heterocycles. The van der Waals surface area contributed by atoms with Gasteiger partial charge in [-0.2, -0.15) is 10.1 Å². The number of hydrogen-bond donors (Lipinski definition) is 0. The van der Waals surface area contributed by atoms with E-state index in [1.165, 1.54) is 4.63 Å². The molecule has 0 N–H and O–H groups in total. The van der Waals surface area contributed by atoms with E-state index >= 15 is 0 Å². The smallest absolute Gasteiger partial charge is 0.217 e. The van der Waals surface area contributed by atoms with Crippen LogP contribution in [-0.2, 0) is 0 Å². The summed E-state index contributed by atoms with van der Waals surface area (Å²) >= 11 is 0. The molecule has 2 rings (SSSR count). The topological polar surface area (TPSA) is 56.0 Å². The third kappa shape index (κ3) is 1.03. The van der Waals surface area contributed by atoms with E-state index in [-0.39, 0.29) is 0 Å². The molecule has 62 valence electrons. The van der Waals surface area contributed by atoms with E-state index in [4.69, 9.17) is 0 Å². The summed E-state index contributed by atoms with van der Waals surface area (Å²) in [4.78, 5) is 8.20. The Kier molecular flexibility index (Phi) is 1.49. The molecule has 0 aliphatic carbocycles. The highest BCUT2D eigenvalue weighted by atomic mass is 15.5. The third-order valence-corrected chi connectivity index (χ3v) is 1.54. The molecule has 0 aliphatic heterocycles. The zero-order chi connectivity index (χ0) is 8.55. The molecule has 0 amide bonds. The molecule has 12 heavy (non-hydrogen) atoms. The van der Waals surface area contributed by atoms with Crippen molar-refractivity contribution in [2.75, 3.05) is 0 Å². The number of rotatable bonds is 1. The Morgan fingerprint density at radius 1 is 1.33 bits per heavy atom. The fourth-order valence-corrected chi connectivity index (χ4v) is 0.907. The molecule has 0 bridgehead atoms. The predicted molar refractivity (Wildman–Crippen MR) is 42.7 cm³/mol.